The number of hydrogen-bond acceptors (Lipinski definition) is 3. The van der Waals surface area contributed by atoms with E-state index in [0.29, 0.717) is 10.6 Å². The number of halogens is 1. The number of carbonyl (C=O) groups is 1. The van der Waals surface area contributed by atoms with Crippen molar-refractivity contribution in [2.45, 2.75) is 0 Å². The highest BCUT2D eigenvalue weighted by molar-refractivity contribution is 6.30. The van der Waals surface area contributed by atoms with Gasteiger partial charge in [0.2, 0.25) is 0 Å². The van der Waals surface area contributed by atoms with Gasteiger partial charge >= 0.3 is 7.69 Å². The Labute approximate surface area is 75.9 Å². The Morgan fingerprint density at radius 2 is 2.00 bits per heavy atom. The second-order valence-corrected chi connectivity index (χ2v) is 2.25. The molecule has 0 saturated heterocycles. The van der Waals surface area contributed by atoms with Gasteiger partial charge in [0.25, 0.3) is 0 Å². The van der Waals surface area contributed by atoms with Crippen molar-refractivity contribution in [3.05, 3.63) is 34.9 Å². The Balaban J connectivity index is 0.000000354. The lowest BCUT2D eigenvalue weighted by Gasteiger charge is -1.88. The molecule has 0 aromatic heterocycles. The zero-order chi connectivity index (χ0) is 9.40. The maximum atomic E-state index is 10.1. The summed E-state index contributed by atoms with van der Waals surface area (Å²) in [7, 11) is -0.750. The highest BCUT2D eigenvalue weighted by Gasteiger charge is 1.87. The van der Waals surface area contributed by atoms with E-state index < -0.39 is 7.69 Å². The van der Waals surface area contributed by atoms with Gasteiger partial charge in [-0.1, -0.05) is 23.7 Å². The van der Waals surface area contributed by atoms with Gasteiger partial charge < -0.3 is 10.0 Å². The minimum atomic E-state index is -0.750. The first-order chi connectivity index (χ1) is 5.74. The van der Waals surface area contributed by atoms with Crippen LogP contribution in [-0.2, 0) is 0 Å². The largest absolute Gasteiger partial charge is 0.432 e. The molecule has 1 rings (SSSR count). The van der Waals surface area contributed by atoms with Crippen LogP contribution in [0.5, 0.6) is 0 Å². The number of aldehydes is 1. The topological polar surface area (TPSA) is 57.5 Å². The van der Waals surface area contributed by atoms with Crippen LogP contribution in [0.2, 0.25) is 5.02 Å². The van der Waals surface area contributed by atoms with E-state index in [9.17, 15) is 4.79 Å². The summed E-state index contributed by atoms with van der Waals surface area (Å²) in [4.78, 5) is 10.1. The monoisotopic (exact) mass is 186 g/mol. The third kappa shape index (κ3) is 4.90. The number of rotatable bonds is 1. The Kier molecular flexibility index (Phi) is 6.37. The van der Waals surface area contributed by atoms with Gasteiger partial charge in [-0.15, -0.1) is 0 Å². The molecule has 0 atom stereocenters. The molecular weight excluding hydrogens is 178 g/mol. The zero-order valence-corrected chi connectivity index (χ0v) is 7.03. The Morgan fingerprint density at radius 3 is 2.33 bits per heavy atom. The van der Waals surface area contributed by atoms with Crippen molar-refractivity contribution in [3.63, 3.8) is 0 Å². The van der Waals surface area contributed by atoms with Crippen LogP contribution in [-0.4, -0.2) is 24.0 Å². The van der Waals surface area contributed by atoms with E-state index in [4.69, 9.17) is 21.6 Å². The van der Waals surface area contributed by atoms with E-state index in [-0.39, 0.29) is 0 Å². The fraction of sp³-hybridized carbons (Fsp3) is 0. The second-order valence-electron chi connectivity index (χ2n) is 1.81. The molecule has 3 nitrogen and oxygen atoms in total. The molecule has 0 radical (unpaired) electrons. The van der Waals surface area contributed by atoms with Crippen molar-refractivity contribution < 1.29 is 14.8 Å². The smallest absolute Gasteiger partial charge is 0.430 e. The van der Waals surface area contributed by atoms with Gasteiger partial charge in [0.1, 0.15) is 6.29 Å². The van der Waals surface area contributed by atoms with E-state index in [0.717, 1.165) is 6.29 Å². The van der Waals surface area contributed by atoms with Gasteiger partial charge in [0.05, 0.1) is 0 Å². The van der Waals surface area contributed by atoms with Crippen LogP contribution in [0.15, 0.2) is 24.3 Å². The number of benzene rings is 1. The van der Waals surface area contributed by atoms with Gasteiger partial charge in [0, 0.05) is 10.6 Å². The van der Waals surface area contributed by atoms with E-state index in [1.807, 2.05) is 0 Å². The summed E-state index contributed by atoms with van der Waals surface area (Å²) >= 11 is 5.56. The van der Waals surface area contributed by atoms with E-state index in [1.54, 1.807) is 24.3 Å². The summed E-state index contributed by atoms with van der Waals surface area (Å²) in [5, 5.41) is 14.8. The molecular formula is C7H8BClO3. The Hall–Kier alpha value is -0.835. The van der Waals surface area contributed by atoms with Gasteiger partial charge in [-0.2, -0.15) is 0 Å². The molecule has 0 aliphatic rings. The molecule has 1 aromatic rings. The van der Waals surface area contributed by atoms with Crippen molar-refractivity contribution in [3.8, 4) is 0 Å². The van der Waals surface area contributed by atoms with Crippen molar-refractivity contribution >= 4 is 25.6 Å². The summed E-state index contributed by atoms with van der Waals surface area (Å²) in [5.74, 6) is 0. The van der Waals surface area contributed by atoms with Gasteiger partial charge in [-0.25, -0.2) is 0 Å². The Morgan fingerprint density at radius 1 is 1.42 bits per heavy atom. The average Bonchev–Trinajstić information content (AvgIpc) is 2.06. The molecule has 0 heterocycles. The molecule has 0 aliphatic heterocycles. The van der Waals surface area contributed by atoms with Crippen molar-refractivity contribution in [2.24, 2.45) is 0 Å². The van der Waals surface area contributed by atoms with Crippen LogP contribution in [0.3, 0.4) is 0 Å². The predicted molar refractivity (Wildman–Crippen MR) is 48.4 cm³/mol. The molecule has 0 spiro atoms. The fourth-order valence-electron chi connectivity index (χ4n) is 0.580. The minimum absolute atomic E-state index is 0.597. The van der Waals surface area contributed by atoms with Crippen LogP contribution in [0.4, 0.5) is 0 Å². The van der Waals surface area contributed by atoms with Crippen LogP contribution >= 0.6 is 11.6 Å². The van der Waals surface area contributed by atoms with Crippen molar-refractivity contribution in [1.82, 2.24) is 0 Å². The molecule has 0 bridgehead atoms. The molecule has 0 fully saturated rings. The summed E-state index contributed by atoms with van der Waals surface area (Å²) < 4.78 is 0. The van der Waals surface area contributed by atoms with Gasteiger partial charge in [-0.05, 0) is 12.1 Å². The molecule has 1 aromatic carbocycles. The lowest BCUT2D eigenvalue weighted by atomic mass is 10.2. The summed E-state index contributed by atoms with van der Waals surface area (Å²) in [5.41, 5.74) is 0.613. The third-order valence-corrected chi connectivity index (χ3v) is 1.22. The molecule has 2 N–H and O–H groups in total. The maximum absolute atomic E-state index is 10.1. The second kappa shape index (κ2) is 6.85. The molecule has 0 amide bonds. The number of hydrogen-bond donors (Lipinski definition) is 2. The molecule has 12 heavy (non-hydrogen) atoms. The average molecular weight is 186 g/mol. The lowest BCUT2D eigenvalue weighted by Crippen LogP contribution is -1.75. The summed E-state index contributed by atoms with van der Waals surface area (Å²) in [6.45, 7) is 0. The van der Waals surface area contributed by atoms with E-state index >= 15 is 0 Å². The quantitative estimate of drug-likeness (QED) is 0.493. The van der Waals surface area contributed by atoms with Gasteiger partial charge in [-0.3, -0.25) is 4.79 Å². The first-order valence-corrected chi connectivity index (χ1v) is 3.55. The lowest BCUT2D eigenvalue weighted by molar-refractivity contribution is 0.112. The first-order valence-electron chi connectivity index (χ1n) is 3.17. The van der Waals surface area contributed by atoms with Crippen LogP contribution in [0.25, 0.3) is 0 Å². The van der Waals surface area contributed by atoms with E-state index in [1.165, 1.54) is 0 Å². The van der Waals surface area contributed by atoms with Crippen LogP contribution < -0.4 is 0 Å². The molecule has 0 saturated carbocycles. The molecule has 64 valence electrons. The van der Waals surface area contributed by atoms with E-state index in [2.05, 4.69) is 0 Å². The van der Waals surface area contributed by atoms with Crippen LogP contribution in [0, 0.1) is 0 Å². The predicted octanol–water partition coefficient (Wildman–Crippen LogP) is 0.390. The number of carbonyl (C=O) groups excluding carboxylic acids is 1. The third-order valence-electron chi connectivity index (χ3n) is 0.985. The first kappa shape index (κ1) is 11.2. The standard InChI is InChI=1S/C7H5ClO.BH3O2/c8-7-3-1-2-6(4-7)5-9;2-1-3/h1-5H;1-3H. The highest BCUT2D eigenvalue weighted by atomic mass is 35.5. The SMILES string of the molecule is O=Cc1cccc(Cl)c1.OBO. The molecule has 0 aliphatic carbocycles. The van der Waals surface area contributed by atoms with Crippen molar-refractivity contribution in [2.75, 3.05) is 0 Å². The van der Waals surface area contributed by atoms with Gasteiger partial charge in [0.15, 0.2) is 0 Å². The zero-order valence-electron chi connectivity index (χ0n) is 6.27. The normalized spacial score (nSPS) is 7.92. The fourth-order valence-corrected chi connectivity index (χ4v) is 0.779. The minimum Gasteiger partial charge on any atom is -0.430 e. The molecule has 5 heteroatoms. The highest BCUT2D eigenvalue weighted by Crippen LogP contribution is 2.08. The Bertz CT molecular complexity index is 242. The maximum Gasteiger partial charge on any atom is 0.432 e. The summed E-state index contributed by atoms with van der Waals surface area (Å²) in [6.07, 6.45) is 0.770. The van der Waals surface area contributed by atoms with Crippen LogP contribution in [0.1, 0.15) is 10.4 Å². The molecule has 0 unspecified atom stereocenters. The van der Waals surface area contributed by atoms with Crippen molar-refractivity contribution in [1.29, 1.82) is 0 Å². The summed E-state index contributed by atoms with van der Waals surface area (Å²) in [6, 6.07) is 6.80.